The molecule has 1 aromatic carbocycles. The topological polar surface area (TPSA) is 20.1 Å². The predicted molar refractivity (Wildman–Crippen MR) is 101 cm³/mol. The third-order valence-corrected chi connectivity index (χ3v) is 9.89. The van der Waals surface area contributed by atoms with Crippen LogP contribution in [-0.2, 0) is 4.79 Å². The number of rotatable bonds is 5. The minimum atomic E-state index is -1.85. The molecule has 0 radical (unpaired) electrons. The van der Waals surface area contributed by atoms with Gasteiger partial charge in [0.05, 0.1) is 19.3 Å². The van der Waals surface area contributed by atoms with Crippen molar-refractivity contribution in [2.24, 2.45) is 0 Å². The molecule has 0 aromatic heterocycles. The summed E-state index contributed by atoms with van der Waals surface area (Å²) < 4.78 is 0. The molecule has 1 heterocycles. The molecule has 0 amide bonds. The van der Waals surface area contributed by atoms with Gasteiger partial charge in [0, 0.05) is 6.04 Å². The molecule has 1 fully saturated rings. The van der Waals surface area contributed by atoms with Crippen LogP contribution >= 0.6 is 0 Å². The van der Waals surface area contributed by atoms with E-state index in [4.69, 9.17) is 0 Å². The van der Waals surface area contributed by atoms with Crippen LogP contribution in [0, 0.1) is 0 Å². The average molecular weight is 334 g/mol. The van der Waals surface area contributed by atoms with Gasteiger partial charge in [-0.1, -0.05) is 69.6 Å². The maximum Gasteiger partial charge on any atom is 0.129 e. The van der Waals surface area contributed by atoms with Gasteiger partial charge in [0.15, 0.2) is 0 Å². The van der Waals surface area contributed by atoms with Crippen LogP contribution in [0.15, 0.2) is 30.3 Å². The maximum absolute atomic E-state index is 13.5. The van der Waals surface area contributed by atoms with Gasteiger partial charge in [0.1, 0.15) is 13.5 Å². The molecule has 0 N–H and O–H groups in total. The maximum atomic E-state index is 13.5. The van der Waals surface area contributed by atoms with E-state index >= 15 is 0 Å². The van der Waals surface area contributed by atoms with E-state index in [9.17, 15) is 4.79 Å². The van der Waals surface area contributed by atoms with Crippen molar-refractivity contribution >= 4 is 21.6 Å². The molecule has 1 aliphatic heterocycles. The zero-order valence-electron chi connectivity index (χ0n) is 15.4. The number of carbonyl (C=O) groups is 1. The highest BCUT2D eigenvalue weighted by atomic mass is 28.3. The molecule has 1 unspecified atom stereocenters. The lowest BCUT2D eigenvalue weighted by Gasteiger charge is -2.34. The van der Waals surface area contributed by atoms with Crippen LogP contribution < -0.4 is 0 Å². The Labute approximate surface area is 137 Å². The van der Waals surface area contributed by atoms with Crippen molar-refractivity contribution in [2.75, 3.05) is 0 Å². The Morgan fingerprint density at radius 2 is 1.55 bits per heavy atom. The van der Waals surface area contributed by atoms with E-state index in [1.807, 2.05) is 0 Å². The minimum Gasteiger partial charge on any atom is -0.304 e. The lowest BCUT2D eigenvalue weighted by molar-refractivity contribution is -0.114. The number of hydrogen-bond acceptors (Lipinski definition) is 2. The Kier molecular flexibility index (Phi) is 4.35. The van der Waals surface area contributed by atoms with Crippen LogP contribution in [0.3, 0.4) is 0 Å². The molecule has 1 aromatic rings. The summed E-state index contributed by atoms with van der Waals surface area (Å²) in [4.78, 5) is 16.1. The zero-order valence-corrected chi connectivity index (χ0v) is 17.4. The Hall–Kier alpha value is -0.716. The van der Waals surface area contributed by atoms with E-state index in [1.54, 1.807) is 0 Å². The van der Waals surface area contributed by atoms with Crippen LogP contribution in [0.5, 0.6) is 0 Å². The molecule has 0 aliphatic carbocycles. The molecule has 0 saturated carbocycles. The second-order valence-corrected chi connectivity index (χ2v) is 19.1. The van der Waals surface area contributed by atoms with E-state index in [2.05, 4.69) is 88.4 Å². The number of benzene rings is 1. The van der Waals surface area contributed by atoms with Crippen molar-refractivity contribution in [1.82, 2.24) is 4.90 Å². The van der Waals surface area contributed by atoms with E-state index in [-0.39, 0.29) is 11.2 Å². The van der Waals surface area contributed by atoms with Gasteiger partial charge in [0.25, 0.3) is 0 Å². The van der Waals surface area contributed by atoms with Crippen molar-refractivity contribution in [3.63, 3.8) is 0 Å². The molecule has 1 aliphatic rings. The van der Waals surface area contributed by atoms with Crippen LogP contribution in [0.4, 0.5) is 0 Å². The molecule has 22 heavy (non-hydrogen) atoms. The first kappa shape index (κ1) is 17.6. The summed E-state index contributed by atoms with van der Waals surface area (Å²) in [6.07, 6.45) is 0. The van der Waals surface area contributed by atoms with Gasteiger partial charge in [-0.05, 0) is 19.4 Å². The first-order valence-electron chi connectivity index (χ1n) is 8.34. The summed E-state index contributed by atoms with van der Waals surface area (Å²) in [7, 11) is -3.56. The highest BCUT2D eigenvalue weighted by Crippen LogP contribution is 2.60. The molecule has 2 rings (SSSR count). The average Bonchev–Trinajstić information content (AvgIpc) is 3.08. The van der Waals surface area contributed by atoms with Gasteiger partial charge in [-0.25, -0.2) is 0 Å². The zero-order chi connectivity index (χ0) is 16.9. The normalized spacial score (nSPS) is 28.8. The molecule has 2 nitrogen and oxygen atoms in total. The van der Waals surface area contributed by atoms with Crippen molar-refractivity contribution in [1.29, 1.82) is 0 Å². The quantitative estimate of drug-likeness (QED) is 0.583. The van der Waals surface area contributed by atoms with Crippen LogP contribution in [-0.4, -0.2) is 37.7 Å². The second kappa shape index (κ2) is 5.43. The van der Waals surface area contributed by atoms with Crippen LogP contribution in [0.2, 0.25) is 39.3 Å². The third-order valence-electron chi connectivity index (χ3n) is 4.86. The number of hydrogen-bond donors (Lipinski definition) is 0. The first-order valence-corrected chi connectivity index (χ1v) is 15.3. The smallest absolute Gasteiger partial charge is 0.129 e. The molecule has 3 atom stereocenters. The van der Waals surface area contributed by atoms with Crippen molar-refractivity contribution in [3.8, 4) is 0 Å². The Bertz CT molecular complexity index is 557. The largest absolute Gasteiger partial charge is 0.304 e. The molecular weight excluding hydrogens is 302 g/mol. The molecule has 122 valence electrons. The van der Waals surface area contributed by atoms with Crippen molar-refractivity contribution in [2.45, 2.75) is 70.4 Å². The van der Waals surface area contributed by atoms with E-state index < -0.39 is 16.1 Å². The Balaban J connectivity index is 2.60. The number of carbonyl (C=O) groups excluding carboxylic acids is 1. The van der Waals surface area contributed by atoms with Gasteiger partial charge >= 0.3 is 0 Å². The lowest BCUT2D eigenvalue weighted by atomic mass is 10.1. The van der Waals surface area contributed by atoms with E-state index in [0.717, 1.165) is 0 Å². The highest BCUT2D eigenvalue weighted by molar-refractivity contribution is 7.08. The summed E-state index contributed by atoms with van der Waals surface area (Å²) in [6.45, 7) is 18.2. The molecule has 0 spiro atoms. The molecule has 4 heteroatoms. The molecule has 1 saturated heterocycles. The SMILES string of the molecule is CC(C)N1[C@@H](c2ccccc2)[C@@]1(C(=O)[Si](C)(C)C)[Si](C)(C)C. The second-order valence-electron chi connectivity index (χ2n) is 8.91. The predicted octanol–water partition coefficient (Wildman–Crippen LogP) is 4.51. The van der Waals surface area contributed by atoms with E-state index in [1.165, 1.54) is 5.56 Å². The highest BCUT2D eigenvalue weighted by Gasteiger charge is 2.74. The lowest BCUT2D eigenvalue weighted by Crippen LogP contribution is -2.59. The summed E-state index contributed by atoms with van der Waals surface area (Å²) in [5.74, 6) is 0. The summed E-state index contributed by atoms with van der Waals surface area (Å²) >= 11 is 0. The van der Waals surface area contributed by atoms with Crippen LogP contribution in [0.25, 0.3) is 0 Å². The standard InChI is InChI=1S/C18H31NOSi2/c1-14(2)19-16(15-12-10-9-11-13-15)18(19,22(6,7)8)17(20)21(3,4)5/h9-14,16H,1-8H3/t16-,18-,19?/m0/s1. The summed E-state index contributed by atoms with van der Waals surface area (Å²) in [5.41, 5.74) is 1.31. The fourth-order valence-electron chi connectivity index (χ4n) is 4.01. The van der Waals surface area contributed by atoms with Gasteiger partial charge in [0.2, 0.25) is 0 Å². The fourth-order valence-corrected chi connectivity index (χ4v) is 10.6. The van der Waals surface area contributed by atoms with Crippen molar-refractivity contribution in [3.05, 3.63) is 35.9 Å². The Morgan fingerprint density at radius 3 is 1.91 bits per heavy atom. The third kappa shape index (κ3) is 2.55. The van der Waals surface area contributed by atoms with Gasteiger partial charge in [-0.15, -0.1) is 0 Å². The molecule has 0 bridgehead atoms. The van der Waals surface area contributed by atoms with E-state index in [0.29, 0.717) is 11.4 Å². The van der Waals surface area contributed by atoms with Gasteiger partial charge < -0.3 is 4.79 Å². The minimum absolute atomic E-state index is 0.215. The van der Waals surface area contributed by atoms with Crippen molar-refractivity contribution < 1.29 is 4.79 Å². The van der Waals surface area contributed by atoms with Gasteiger partial charge in [-0.2, -0.15) is 0 Å². The monoisotopic (exact) mass is 333 g/mol. The van der Waals surface area contributed by atoms with Gasteiger partial charge in [-0.3, -0.25) is 4.90 Å². The summed E-state index contributed by atoms with van der Waals surface area (Å²) in [5, 5.41) is 0.342. The number of nitrogens with zero attached hydrogens (tertiary/aromatic N) is 1. The van der Waals surface area contributed by atoms with Crippen LogP contribution in [0.1, 0.15) is 25.5 Å². The first-order chi connectivity index (χ1) is 9.95. The fraction of sp³-hybridized carbons (Fsp3) is 0.611. The summed E-state index contributed by atoms with van der Waals surface area (Å²) in [6, 6.07) is 11.3. The Morgan fingerprint density at radius 1 is 1.05 bits per heavy atom. The molecular formula is C18H31NOSi2.